The molecular formula is C16H17NO3S2. The lowest BCUT2D eigenvalue weighted by Crippen LogP contribution is -2.29. The number of carbonyl (C=O) groups is 2. The molecule has 0 unspecified atom stereocenters. The molecule has 2 aromatic rings. The van der Waals surface area contributed by atoms with Gasteiger partial charge in [-0.25, -0.2) is 4.79 Å². The zero-order valence-corrected chi connectivity index (χ0v) is 13.8. The van der Waals surface area contributed by atoms with Crippen molar-refractivity contribution in [2.24, 2.45) is 0 Å². The summed E-state index contributed by atoms with van der Waals surface area (Å²) in [7, 11) is 0. The van der Waals surface area contributed by atoms with Gasteiger partial charge < -0.3 is 10.1 Å². The van der Waals surface area contributed by atoms with Gasteiger partial charge in [0.25, 0.3) is 5.91 Å². The molecule has 1 amide bonds. The van der Waals surface area contributed by atoms with Crippen LogP contribution in [0.2, 0.25) is 0 Å². The fraction of sp³-hybridized carbons (Fsp3) is 0.250. The van der Waals surface area contributed by atoms with Crippen LogP contribution in [0, 0.1) is 0 Å². The van der Waals surface area contributed by atoms with Crippen molar-refractivity contribution < 1.29 is 14.3 Å². The van der Waals surface area contributed by atoms with Gasteiger partial charge in [-0.05, 0) is 35.4 Å². The summed E-state index contributed by atoms with van der Waals surface area (Å²) in [5, 5.41) is 6.52. The molecule has 6 heteroatoms. The van der Waals surface area contributed by atoms with Gasteiger partial charge in [-0.3, -0.25) is 4.79 Å². The number of ether oxygens (including phenoxy) is 1. The van der Waals surface area contributed by atoms with E-state index in [1.54, 1.807) is 17.4 Å². The second-order valence-electron chi connectivity index (χ2n) is 4.48. The number of nitrogens with one attached hydrogen (secondary N) is 1. The van der Waals surface area contributed by atoms with Crippen LogP contribution < -0.4 is 5.32 Å². The van der Waals surface area contributed by atoms with Gasteiger partial charge in [0.2, 0.25) is 0 Å². The molecule has 0 spiro atoms. The number of esters is 1. The number of hydrogen-bond acceptors (Lipinski definition) is 5. The van der Waals surface area contributed by atoms with Gasteiger partial charge in [0.05, 0.1) is 5.57 Å². The fourth-order valence-electron chi connectivity index (χ4n) is 1.70. The van der Waals surface area contributed by atoms with E-state index >= 15 is 0 Å². The van der Waals surface area contributed by atoms with Crippen molar-refractivity contribution in [3.05, 3.63) is 44.8 Å². The predicted octanol–water partition coefficient (Wildman–Crippen LogP) is 3.42. The fourth-order valence-corrected chi connectivity index (χ4v) is 3.09. The Hall–Kier alpha value is -1.92. The predicted molar refractivity (Wildman–Crippen MR) is 90.8 cm³/mol. The molecule has 0 aliphatic rings. The lowest BCUT2D eigenvalue weighted by molar-refractivity contribution is -0.142. The molecule has 2 heterocycles. The molecule has 0 aliphatic heterocycles. The van der Waals surface area contributed by atoms with Crippen molar-refractivity contribution in [1.82, 2.24) is 5.32 Å². The third-order valence-corrected chi connectivity index (χ3v) is 4.47. The molecule has 2 rings (SSSR count). The van der Waals surface area contributed by atoms with Gasteiger partial charge in [-0.15, -0.1) is 22.7 Å². The van der Waals surface area contributed by atoms with E-state index in [0.29, 0.717) is 12.1 Å². The standard InChI is InChI=1S/C16H17NO3S2/c1-2-7-17-15(18)11-20-16(19)13(14-6-4-9-22-14)10-12-5-3-8-21-12/h3-6,8-10H,2,7,11H2,1H3,(H,17,18)/b13-10+. The lowest BCUT2D eigenvalue weighted by Gasteiger charge is -2.07. The summed E-state index contributed by atoms with van der Waals surface area (Å²) in [6.07, 6.45) is 2.64. The van der Waals surface area contributed by atoms with Gasteiger partial charge in [-0.2, -0.15) is 0 Å². The van der Waals surface area contributed by atoms with E-state index in [0.717, 1.165) is 16.2 Å². The van der Waals surface area contributed by atoms with Gasteiger partial charge in [0, 0.05) is 16.3 Å². The Morgan fingerprint density at radius 3 is 2.64 bits per heavy atom. The summed E-state index contributed by atoms with van der Waals surface area (Å²) in [6.45, 7) is 2.29. The first-order chi connectivity index (χ1) is 10.7. The Kier molecular flexibility index (Phi) is 6.36. The molecule has 0 bridgehead atoms. The summed E-state index contributed by atoms with van der Waals surface area (Å²) in [5.74, 6) is -0.764. The Bertz CT molecular complexity index is 630. The second kappa shape index (κ2) is 8.51. The molecule has 0 radical (unpaired) electrons. The molecule has 0 atom stereocenters. The quantitative estimate of drug-likeness (QED) is 0.623. The normalized spacial score (nSPS) is 11.2. The highest BCUT2D eigenvalue weighted by atomic mass is 32.1. The molecule has 0 aromatic carbocycles. The minimum atomic E-state index is -0.484. The summed E-state index contributed by atoms with van der Waals surface area (Å²) in [5.41, 5.74) is 0.473. The Morgan fingerprint density at radius 1 is 1.23 bits per heavy atom. The maximum Gasteiger partial charge on any atom is 0.340 e. The summed E-state index contributed by atoms with van der Waals surface area (Å²) in [6, 6.07) is 7.59. The first-order valence-corrected chi connectivity index (χ1v) is 8.69. The highest BCUT2D eigenvalue weighted by Crippen LogP contribution is 2.25. The molecule has 0 saturated carbocycles. The molecule has 0 saturated heterocycles. The average Bonchev–Trinajstić information content (AvgIpc) is 3.20. The highest BCUT2D eigenvalue weighted by Gasteiger charge is 2.16. The zero-order valence-electron chi connectivity index (χ0n) is 12.2. The largest absolute Gasteiger partial charge is 0.452 e. The van der Waals surface area contributed by atoms with E-state index in [2.05, 4.69) is 5.32 Å². The van der Waals surface area contributed by atoms with Crippen LogP contribution in [-0.4, -0.2) is 25.0 Å². The minimum Gasteiger partial charge on any atom is -0.452 e. The van der Waals surface area contributed by atoms with E-state index in [1.165, 1.54) is 11.3 Å². The zero-order chi connectivity index (χ0) is 15.8. The van der Waals surface area contributed by atoms with Crippen LogP contribution in [-0.2, 0) is 14.3 Å². The van der Waals surface area contributed by atoms with E-state index in [9.17, 15) is 9.59 Å². The van der Waals surface area contributed by atoms with E-state index in [1.807, 2.05) is 41.9 Å². The van der Waals surface area contributed by atoms with Gasteiger partial charge >= 0.3 is 5.97 Å². The third kappa shape index (κ3) is 4.82. The van der Waals surface area contributed by atoms with Gasteiger partial charge in [-0.1, -0.05) is 19.1 Å². The van der Waals surface area contributed by atoms with E-state index < -0.39 is 5.97 Å². The van der Waals surface area contributed by atoms with Crippen LogP contribution in [0.4, 0.5) is 0 Å². The molecule has 4 nitrogen and oxygen atoms in total. The Morgan fingerprint density at radius 2 is 2.00 bits per heavy atom. The molecule has 116 valence electrons. The van der Waals surface area contributed by atoms with Crippen molar-refractivity contribution in [3.63, 3.8) is 0 Å². The maximum atomic E-state index is 12.3. The highest BCUT2D eigenvalue weighted by molar-refractivity contribution is 7.12. The smallest absolute Gasteiger partial charge is 0.340 e. The SMILES string of the molecule is CCCNC(=O)COC(=O)/C(=C/c1cccs1)c1cccs1. The van der Waals surface area contributed by atoms with E-state index in [-0.39, 0.29) is 12.5 Å². The Balaban J connectivity index is 2.06. The molecule has 1 N–H and O–H groups in total. The first-order valence-electron chi connectivity index (χ1n) is 6.93. The average molecular weight is 335 g/mol. The lowest BCUT2D eigenvalue weighted by atomic mass is 10.2. The van der Waals surface area contributed by atoms with Gasteiger partial charge in [0.15, 0.2) is 6.61 Å². The molecule has 0 aliphatic carbocycles. The van der Waals surface area contributed by atoms with Crippen molar-refractivity contribution in [2.75, 3.05) is 13.2 Å². The minimum absolute atomic E-state index is 0.258. The topological polar surface area (TPSA) is 55.4 Å². The number of rotatable bonds is 7. The van der Waals surface area contributed by atoms with Crippen LogP contribution in [0.3, 0.4) is 0 Å². The summed E-state index contributed by atoms with van der Waals surface area (Å²) >= 11 is 3.01. The monoisotopic (exact) mass is 335 g/mol. The van der Waals surface area contributed by atoms with Crippen LogP contribution in [0.1, 0.15) is 23.1 Å². The third-order valence-electron chi connectivity index (χ3n) is 2.74. The Labute approximate surface area is 137 Å². The molecule has 0 fully saturated rings. The van der Waals surface area contributed by atoms with Crippen molar-refractivity contribution >= 4 is 46.2 Å². The van der Waals surface area contributed by atoms with Crippen LogP contribution in [0.25, 0.3) is 11.6 Å². The first kappa shape index (κ1) is 16.5. The number of amides is 1. The molecule has 22 heavy (non-hydrogen) atoms. The number of hydrogen-bond donors (Lipinski definition) is 1. The molecule has 2 aromatic heterocycles. The van der Waals surface area contributed by atoms with Crippen LogP contribution in [0.15, 0.2) is 35.0 Å². The number of thiophene rings is 2. The summed E-state index contributed by atoms with van der Waals surface area (Å²) in [4.78, 5) is 25.6. The van der Waals surface area contributed by atoms with Crippen molar-refractivity contribution in [2.45, 2.75) is 13.3 Å². The van der Waals surface area contributed by atoms with Crippen LogP contribution >= 0.6 is 22.7 Å². The summed E-state index contributed by atoms with van der Waals surface area (Å²) < 4.78 is 5.13. The van der Waals surface area contributed by atoms with Crippen molar-refractivity contribution in [3.8, 4) is 0 Å². The number of carbonyl (C=O) groups excluding carboxylic acids is 2. The van der Waals surface area contributed by atoms with Crippen LogP contribution in [0.5, 0.6) is 0 Å². The maximum absolute atomic E-state index is 12.3. The van der Waals surface area contributed by atoms with Gasteiger partial charge in [0.1, 0.15) is 0 Å². The second-order valence-corrected chi connectivity index (χ2v) is 6.40. The molecular weight excluding hydrogens is 318 g/mol. The van der Waals surface area contributed by atoms with Crippen molar-refractivity contribution in [1.29, 1.82) is 0 Å². The van der Waals surface area contributed by atoms with E-state index in [4.69, 9.17) is 4.74 Å².